The minimum absolute atomic E-state index is 0.0425. The summed E-state index contributed by atoms with van der Waals surface area (Å²) in [5.41, 5.74) is 2.72. The highest BCUT2D eigenvalue weighted by molar-refractivity contribution is 5.82. The maximum atomic E-state index is 4.64. The molecule has 0 saturated carbocycles. The third-order valence-corrected chi connectivity index (χ3v) is 4.53. The fraction of sp³-hybridized carbons (Fsp3) is 0.471. The number of aromatic nitrogens is 1. The van der Waals surface area contributed by atoms with Gasteiger partial charge in [-0.15, -0.1) is 0 Å². The molecule has 1 aromatic heterocycles. The fourth-order valence-electron chi connectivity index (χ4n) is 3.47. The Bertz CT molecular complexity index is 584. The molecule has 1 atom stereocenters. The zero-order valence-electron chi connectivity index (χ0n) is 12.0. The lowest BCUT2D eigenvalue weighted by atomic mass is 9.68. The van der Waals surface area contributed by atoms with Crippen LogP contribution in [-0.4, -0.2) is 11.5 Å². The Morgan fingerprint density at radius 2 is 1.95 bits per heavy atom. The van der Waals surface area contributed by atoms with E-state index in [1.54, 1.807) is 0 Å². The first-order valence-electron chi connectivity index (χ1n) is 7.14. The Morgan fingerprint density at radius 1 is 1.16 bits per heavy atom. The zero-order chi connectivity index (χ0) is 13.5. The number of nitrogens with one attached hydrogen (secondary N) is 1. The van der Waals surface area contributed by atoms with Gasteiger partial charge in [0.1, 0.15) is 0 Å². The molecule has 2 nitrogen and oxygen atoms in total. The summed E-state index contributed by atoms with van der Waals surface area (Å²) in [6.07, 6.45) is 4.32. The van der Waals surface area contributed by atoms with E-state index in [0.29, 0.717) is 0 Å². The van der Waals surface area contributed by atoms with Crippen LogP contribution >= 0.6 is 0 Å². The predicted octanol–water partition coefficient (Wildman–Crippen LogP) is 3.86. The van der Waals surface area contributed by atoms with E-state index >= 15 is 0 Å². The molecule has 1 saturated heterocycles. The van der Waals surface area contributed by atoms with Crippen molar-refractivity contribution in [1.29, 1.82) is 0 Å². The van der Waals surface area contributed by atoms with Crippen molar-refractivity contribution in [2.24, 2.45) is 5.41 Å². The lowest BCUT2D eigenvalue weighted by Gasteiger charge is -2.43. The van der Waals surface area contributed by atoms with Crippen molar-refractivity contribution in [1.82, 2.24) is 10.3 Å². The highest BCUT2D eigenvalue weighted by Gasteiger charge is 2.46. The Kier molecular flexibility index (Phi) is 2.86. The van der Waals surface area contributed by atoms with Gasteiger partial charge in [0.25, 0.3) is 0 Å². The van der Waals surface area contributed by atoms with Gasteiger partial charge in [-0.3, -0.25) is 4.98 Å². The highest BCUT2D eigenvalue weighted by atomic mass is 15.0. The van der Waals surface area contributed by atoms with Gasteiger partial charge in [-0.05, 0) is 36.4 Å². The number of fused-ring (bicyclic) bond motifs is 1. The minimum atomic E-state index is 0.0425. The molecule has 0 amide bonds. The van der Waals surface area contributed by atoms with Crippen LogP contribution in [0.4, 0.5) is 0 Å². The molecule has 0 bridgehead atoms. The standard InChI is InChI=1S/C17H22N2/c1-16(2,3)17(10-6-12-19-17)14-9-4-7-13-8-5-11-18-15(13)14/h4-5,7-9,11,19H,6,10,12H2,1-3H3. The van der Waals surface area contributed by atoms with Gasteiger partial charge in [-0.1, -0.05) is 45.0 Å². The van der Waals surface area contributed by atoms with Crippen LogP contribution in [0.2, 0.25) is 0 Å². The first-order valence-corrected chi connectivity index (χ1v) is 7.14. The SMILES string of the molecule is CC(C)(C)C1(c2cccc3cccnc23)CCCN1. The fourth-order valence-corrected chi connectivity index (χ4v) is 3.47. The number of benzene rings is 1. The number of rotatable bonds is 1. The molecule has 0 radical (unpaired) electrons. The summed E-state index contributed by atoms with van der Waals surface area (Å²) in [7, 11) is 0. The van der Waals surface area contributed by atoms with Gasteiger partial charge >= 0.3 is 0 Å². The van der Waals surface area contributed by atoms with Crippen molar-refractivity contribution in [3.63, 3.8) is 0 Å². The van der Waals surface area contributed by atoms with Crippen LogP contribution < -0.4 is 5.32 Å². The quantitative estimate of drug-likeness (QED) is 0.836. The average Bonchev–Trinajstić information content (AvgIpc) is 2.88. The second-order valence-electron chi connectivity index (χ2n) is 6.57. The number of para-hydroxylation sites is 1. The normalized spacial score (nSPS) is 23.9. The average molecular weight is 254 g/mol. The van der Waals surface area contributed by atoms with E-state index in [1.165, 1.54) is 23.8 Å². The summed E-state index contributed by atoms with van der Waals surface area (Å²) < 4.78 is 0. The van der Waals surface area contributed by atoms with Crippen LogP contribution in [0.3, 0.4) is 0 Å². The van der Waals surface area contributed by atoms with E-state index in [-0.39, 0.29) is 11.0 Å². The number of pyridine rings is 1. The van der Waals surface area contributed by atoms with Gasteiger partial charge in [0.15, 0.2) is 0 Å². The molecule has 1 aliphatic rings. The van der Waals surface area contributed by atoms with Crippen molar-refractivity contribution in [2.75, 3.05) is 6.54 Å². The second kappa shape index (κ2) is 4.31. The van der Waals surface area contributed by atoms with Gasteiger partial charge in [0, 0.05) is 11.6 Å². The molecule has 2 heterocycles. The molecule has 1 N–H and O–H groups in total. The van der Waals surface area contributed by atoms with Crippen molar-refractivity contribution in [3.05, 3.63) is 42.1 Å². The lowest BCUT2D eigenvalue weighted by molar-refractivity contribution is 0.162. The van der Waals surface area contributed by atoms with Gasteiger partial charge in [0.05, 0.1) is 11.1 Å². The van der Waals surface area contributed by atoms with E-state index in [1.807, 2.05) is 12.3 Å². The molecule has 1 aliphatic heterocycles. The summed E-state index contributed by atoms with van der Waals surface area (Å²) >= 11 is 0. The van der Waals surface area contributed by atoms with Crippen LogP contribution in [0.1, 0.15) is 39.2 Å². The largest absolute Gasteiger partial charge is 0.307 e. The van der Waals surface area contributed by atoms with E-state index < -0.39 is 0 Å². The molecule has 100 valence electrons. The first-order chi connectivity index (χ1) is 9.05. The molecule has 1 unspecified atom stereocenters. The molecule has 1 aromatic carbocycles. The van der Waals surface area contributed by atoms with Crippen molar-refractivity contribution in [2.45, 2.75) is 39.2 Å². The Balaban J connectivity index is 2.27. The van der Waals surface area contributed by atoms with Gasteiger partial charge in [0.2, 0.25) is 0 Å². The number of hydrogen-bond acceptors (Lipinski definition) is 2. The molecule has 2 heteroatoms. The summed E-state index contributed by atoms with van der Waals surface area (Å²) in [4.78, 5) is 4.64. The summed E-state index contributed by atoms with van der Waals surface area (Å²) in [5.74, 6) is 0. The molecule has 19 heavy (non-hydrogen) atoms. The third kappa shape index (κ3) is 1.86. The Labute approximate surface area is 115 Å². The second-order valence-corrected chi connectivity index (χ2v) is 6.57. The maximum Gasteiger partial charge on any atom is 0.0752 e. The van der Waals surface area contributed by atoms with Crippen molar-refractivity contribution < 1.29 is 0 Å². The third-order valence-electron chi connectivity index (χ3n) is 4.53. The first kappa shape index (κ1) is 12.6. The molecule has 1 fully saturated rings. The van der Waals surface area contributed by atoms with Crippen LogP contribution in [0.5, 0.6) is 0 Å². The number of hydrogen-bond donors (Lipinski definition) is 1. The van der Waals surface area contributed by atoms with E-state index in [4.69, 9.17) is 0 Å². The number of nitrogens with zero attached hydrogens (tertiary/aromatic N) is 1. The lowest BCUT2D eigenvalue weighted by Crippen LogP contribution is -2.48. The van der Waals surface area contributed by atoms with Gasteiger partial charge in [-0.25, -0.2) is 0 Å². The topological polar surface area (TPSA) is 24.9 Å². The van der Waals surface area contributed by atoms with Crippen LogP contribution in [0, 0.1) is 5.41 Å². The maximum absolute atomic E-state index is 4.64. The summed E-state index contributed by atoms with van der Waals surface area (Å²) in [5, 5.41) is 5.01. The molecule has 0 spiro atoms. The predicted molar refractivity (Wildman–Crippen MR) is 80.1 cm³/mol. The monoisotopic (exact) mass is 254 g/mol. The van der Waals surface area contributed by atoms with Gasteiger partial charge in [-0.2, -0.15) is 0 Å². The molecular formula is C17H22N2. The Morgan fingerprint density at radius 3 is 2.63 bits per heavy atom. The summed E-state index contributed by atoms with van der Waals surface area (Å²) in [6.45, 7) is 8.08. The molecule has 3 rings (SSSR count). The van der Waals surface area contributed by atoms with Crippen LogP contribution in [0.25, 0.3) is 10.9 Å². The van der Waals surface area contributed by atoms with Crippen molar-refractivity contribution >= 4 is 10.9 Å². The molecule has 0 aliphatic carbocycles. The zero-order valence-corrected chi connectivity index (χ0v) is 12.0. The summed E-state index contributed by atoms with van der Waals surface area (Å²) in [6, 6.07) is 10.7. The van der Waals surface area contributed by atoms with Crippen LogP contribution in [0.15, 0.2) is 36.5 Å². The molecular weight excluding hydrogens is 232 g/mol. The minimum Gasteiger partial charge on any atom is -0.307 e. The van der Waals surface area contributed by atoms with Gasteiger partial charge < -0.3 is 5.32 Å². The van der Waals surface area contributed by atoms with E-state index in [9.17, 15) is 0 Å². The van der Waals surface area contributed by atoms with Crippen molar-refractivity contribution in [3.8, 4) is 0 Å². The smallest absolute Gasteiger partial charge is 0.0752 e. The molecule has 2 aromatic rings. The van der Waals surface area contributed by atoms with E-state index in [0.717, 1.165) is 12.1 Å². The van der Waals surface area contributed by atoms with Crippen LogP contribution in [-0.2, 0) is 5.54 Å². The Hall–Kier alpha value is -1.41. The van der Waals surface area contributed by atoms with E-state index in [2.05, 4.69) is 55.3 Å². The highest BCUT2D eigenvalue weighted by Crippen LogP contribution is 2.47.